The van der Waals surface area contributed by atoms with Crippen LogP contribution in [-0.4, -0.2) is 36.7 Å². The van der Waals surface area contributed by atoms with Crippen molar-refractivity contribution in [1.29, 1.82) is 0 Å². The number of rotatable bonds is 7. The minimum atomic E-state index is -0.174. The molecule has 1 atom stereocenters. The van der Waals surface area contributed by atoms with E-state index in [1.54, 1.807) is 5.38 Å². The summed E-state index contributed by atoms with van der Waals surface area (Å²) in [5.74, 6) is 1.28. The lowest BCUT2D eigenvalue weighted by atomic mass is 10.1. The molecule has 2 aromatic rings. The molecule has 1 aromatic carbocycles. The van der Waals surface area contributed by atoms with E-state index in [0.29, 0.717) is 31.2 Å². The van der Waals surface area contributed by atoms with Gasteiger partial charge in [-0.2, -0.15) is 0 Å². The van der Waals surface area contributed by atoms with Crippen molar-refractivity contribution in [3.8, 4) is 22.1 Å². The van der Waals surface area contributed by atoms with Crippen LogP contribution in [0, 0.1) is 0 Å². The summed E-state index contributed by atoms with van der Waals surface area (Å²) in [5.41, 5.74) is 7.08. The number of fused-ring (bicyclic) bond motifs is 1. The summed E-state index contributed by atoms with van der Waals surface area (Å²) >= 11 is 1.43. The van der Waals surface area contributed by atoms with E-state index in [0.717, 1.165) is 35.6 Å². The predicted molar refractivity (Wildman–Crippen MR) is 113 cm³/mol. The summed E-state index contributed by atoms with van der Waals surface area (Å²) in [7, 11) is 0. The summed E-state index contributed by atoms with van der Waals surface area (Å²) in [4.78, 5) is 16.9. The van der Waals surface area contributed by atoms with Crippen LogP contribution in [0.2, 0.25) is 0 Å². The number of nitrogens with zero attached hydrogens (tertiary/aromatic N) is 1. The second-order valence-electron chi connectivity index (χ2n) is 5.94. The molecule has 1 unspecified atom stereocenters. The largest absolute Gasteiger partial charge is 0.486 e. The van der Waals surface area contributed by atoms with Crippen LogP contribution in [0.1, 0.15) is 36.7 Å². The van der Waals surface area contributed by atoms with Crippen LogP contribution >= 0.6 is 36.2 Å². The maximum Gasteiger partial charge on any atom is 0.271 e. The van der Waals surface area contributed by atoms with Gasteiger partial charge in [0.2, 0.25) is 0 Å². The molecule has 27 heavy (non-hydrogen) atoms. The van der Waals surface area contributed by atoms with Gasteiger partial charge in [0.25, 0.3) is 5.91 Å². The first kappa shape index (κ1) is 23.5. The van der Waals surface area contributed by atoms with Gasteiger partial charge in [-0.1, -0.05) is 19.8 Å². The number of ether oxygens (including phenoxy) is 2. The Labute approximate surface area is 175 Å². The van der Waals surface area contributed by atoms with Gasteiger partial charge in [0.05, 0.1) is 0 Å². The van der Waals surface area contributed by atoms with Crippen LogP contribution < -0.4 is 20.5 Å². The third kappa shape index (κ3) is 5.97. The summed E-state index contributed by atoms with van der Waals surface area (Å²) in [6.45, 7) is 3.66. The van der Waals surface area contributed by atoms with Crippen LogP contribution in [0.4, 0.5) is 0 Å². The Kier molecular flexibility index (Phi) is 9.87. The molecule has 1 amide bonds. The van der Waals surface area contributed by atoms with E-state index in [-0.39, 0.29) is 36.8 Å². The lowest BCUT2D eigenvalue weighted by Gasteiger charge is -2.18. The van der Waals surface area contributed by atoms with Crippen molar-refractivity contribution in [3.05, 3.63) is 29.3 Å². The van der Waals surface area contributed by atoms with Crippen molar-refractivity contribution < 1.29 is 14.3 Å². The number of aromatic nitrogens is 1. The molecule has 0 radical (unpaired) electrons. The zero-order valence-electron chi connectivity index (χ0n) is 15.1. The average molecular weight is 434 g/mol. The fraction of sp³-hybridized carbons (Fsp3) is 0.444. The van der Waals surface area contributed by atoms with Gasteiger partial charge in [0.1, 0.15) is 23.9 Å². The molecule has 3 rings (SSSR count). The number of benzene rings is 1. The Hall–Kier alpha value is -1.54. The predicted octanol–water partition coefficient (Wildman–Crippen LogP) is 3.67. The number of amides is 1. The second kappa shape index (κ2) is 11.3. The van der Waals surface area contributed by atoms with Crippen molar-refractivity contribution in [2.45, 2.75) is 32.2 Å². The Morgan fingerprint density at radius 2 is 2.04 bits per heavy atom. The monoisotopic (exact) mass is 433 g/mol. The maximum absolute atomic E-state index is 12.4. The van der Waals surface area contributed by atoms with E-state index in [1.165, 1.54) is 11.3 Å². The minimum absolute atomic E-state index is 0. The van der Waals surface area contributed by atoms with Crippen molar-refractivity contribution in [3.63, 3.8) is 0 Å². The highest BCUT2D eigenvalue weighted by Crippen LogP contribution is 2.35. The van der Waals surface area contributed by atoms with E-state index < -0.39 is 0 Å². The van der Waals surface area contributed by atoms with Gasteiger partial charge in [0, 0.05) is 23.5 Å². The average Bonchev–Trinajstić information content (AvgIpc) is 3.15. The second-order valence-corrected chi connectivity index (χ2v) is 6.80. The van der Waals surface area contributed by atoms with E-state index >= 15 is 0 Å². The molecule has 3 N–H and O–H groups in total. The SMILES string of the molecule is CCCCC(CN)NC(=O)c1csc(-c2ccc3c(c2)OCCO3)n1.Cl.Cl. The van der Waals surface area contributed by atoms with Crippen LogP contribution in [0.25, 0.3) is 10.6 Å². The molecule has 0 aliphatic carbocycles. The van der Waals surface area contributed by atoms with Crippen LogP contribution in [0.5, 0.6) is 11.5 Å². The summed E-state index contributed by atoms with van der Waals surface area (Å²) in [6.07, 6.45) is 3.01. The number of nitrogens with two attached hydrogens (primary N) is 1. The summed E-state index contributed by atoms with van der Waals surface area (Å²) < 4.78 is 11.1. The quantitative estimate of drug-likeness (QED) is 0.695. The zero-order chi connectivity index (χ0) is 17.6. The van der Waals surface area contributed by atoms with Gasteiger partial charge < -0.3 is 20.5 Å². The fourth-order valence-corrected chi connectivity index (χ4v) is 3.44. The van der Waals surface area contributed by atoms with Gasteiger partial charge >= 0.3 is 0 Å². The van der Waals surface area contributed by atoms with Crippen molar-refractivity contribution in [2.75, 3.05) is 19.8 Å². The standard InChI is InChI=1S/C18H23N3O3S.2ClH/c1-2-3-4-13(10-19)20-17(22)14-11-25-18(21-14)12-5-6-15-16(9-12)24-8-7-23-15;;/h5-6,9,11,13H,2-4,7-8,10,19H2,1H3,(H,20,22);2*1H. The van der Waals surface area contributed by atoms with Gasteiger partial charge in [-0.15, -0.1) is 36.2 Å². The molecular formula is C18H25Cl2N3O3S. The first-order chi connectivity index (χ1) is 12.2. The summed E-state index contributed by atoms with van der Waals surface area (Å²) in [6, 6.07) is 5.70. The maximum atomic E-state index is 12.4. The van der Waals surface area contributed by atoms with E-state index in [2.05, 4.69) is 17.2 Å². The van der Waals surface area contributed by atoms with Crippen molar-refractivity contribution >= 4 is 42.1 Å². The molecule has 0 bridgehead atoms. The first-order valence-corrected chi connectivity index (χ1v) is 9.45. The van der Waals surface area contributed by atoms with E-state index in [1.807, 2.05) is 18.2 Å². The third-order valence-electron chi connectivity index (χ3n) is 4.05. The van der Waals surface area contributed by atoms with Gasteiger partial charge in [-0.05, 0) is 24.6 Å². The molecule has 0 saturated carbocycles. The Balaban J connectivity index is 0.00000182. The normalized spacial score (nSPS) is 13.1. The third-order valence-corrected chi connectivity index (χ3v) is 4.94. The molecule has 1 aliphatic heterocycles. The lowest BCUT2D eigenvalue weighted by molar-refractivity contribution is 0.0931. The molecule has 0 spiro atoms. The Morgan fingerprint density at radius 1 is 1.30 bits per heavy atom. The van der Waals surface area contributed by atoms with Crippen LogP contribution in [-0.2, 0) is 0 Å². The number of nitrogens with one attached hydrogen (secondary N) is 1. The fourth-order valence-electron chi connectivity index (χ4n) is 2.65. The van der Waals surface area contributed by atoms with Crippen LogP contribution in [0.3, 0.4) is 0 Å². The number of hydrogen-bond acceptors (Lipinski definition) is 6. The molecule has 1 aromatic heterocycles. The number of halogens is 2. The zero-order valence-corrected chi connectivity index (χ0v) is 17.6. The Bertz CT molecular complexity index is 742. The van der Waals surface area contributed by atoms with Gasteiger partial charge in [-0.3, -0.25) is 4.79 Å². The topological polar surface area (TPSA) is 86.5 Å². The first-order valence-electron chi connectivity index (χ1n) is 8.57. The highest BCUT2D eigenvalue weighted by atomic mass is 35.5. The molecule has 0 saturated heterocycles. The highest BCUT2D eigenvalue weighted by Gasteiger charge is 2.17. The number of unbranched alkanes of at least 4 members (excludes halogenated alkanes) is 1. The molecule has 9 heteroatoms. The van der Waals surface area contributed by atoms with E-state index in [9.17, 15) is 4.79 Å². The van der Waals surface area contributed by atoms with Crippen molar-refractivity contribution in [2.24, 2.45) is 5.73 Å². The molecule has 150 valence electrons. The molecular weight excluding hydrogens is 409 g/mol. The van der Waals surface area contributed by atoms with Crippen LogP contribution in [0.15, 0.2) is 23.6 Å². The minimum Gasteiger partial charge on any atom is -0.486 e. The molecule has 0 fully saturated rings. The Morgan fingerprint density at radius 3 is 2.74 bits per heavy atom. The smallest absolute Gasteiger partial charge is 0.271 e. The number of hydrogen-bond donors (Lipinski definition) is 2. The van der Waals surface area contributed by atoms with Crippen molar-refractivity contribution in [1.82, 2.24) is 10.3 Å². The number of thiazole rings is 1. The molecule has 1 aliphatic rings. The molecule has 6 nitrogen and oxygen atoms in total. The van der Waals surface area contributed by atoms with Gasteiger partial charge in [-0.25, -0.2) is 4.98 Å². The van der Waals surface area contributed by atoms with E-state index in [4.69, 9.17) is 15.2 Å². The number of carbonyl (C=O) groups excluding carboxylic acids is 1. The number of carbonyl (C=O) groups is 1. The summed E-state index contributed by atoms with van der Waals surface area (Å²) in [5, 5.41) is 5.52. The van der Waals surface area contributed by atoms with Gasteiger partial charge in [0.15, 0.2) is 11.5 Å². The lowest BCUT2D eigenvalue weighted by Crippen LogP contribution is -2.40. The molecule has 2 heterocycles. The highest BCUT2D eigenvalue weighted by molar-refractivity contribution is 7.13.